The molecule has 1 aliphatic rings. The summed E-state index contributed by atoms with van der Waals surface area (Å²) in [6.45, 7) is 2.24. The van der Waals surface area contributed by atoms with Gasteiger partial charge in [-0.05, 0) is 37.6 Å². The number of rotatable bonds is 3. The minimum atomic E-state index is 0.409. The van der Waals surface area contributed by atoms with E-state index in [2.05, 4.69) is 29.8 Å². The molecule has 0 aromatic carbocycles. The number of hydrogen-bond acceptors (Lipinski definition) is 3. The fraction of sp³-hybridized carbons (Fsp3) is 0.667. The van der Waals surface area contributed by atoms with Gasteiger partial charge in [-0.2, -0.15) is 0 Å². The third kappa shape index (κ3) is 3.03. The molecule has 1 fully saturated rings. The Kier molecular flexibility index (Phi) is 3.78. The second kappa shape index (κ2) is 5.10. The quantitative estimate of drug-likeness (QED) is 0.828. The van der Waals surface area contributed by atoms with Crippen molar-refractivity contribution in [3.8, 4) is 0 Å². The first kappa shape index (κ1) is 11.1. The zero-order chi connectivity index (χ0) is 10.7. The van der Waals surface area contributed by atoms with Gasteiger partial charge in [-0.25, -0.2) is 0 Å². The molecular weight excluding hydrogens is 204 g/mol. The van der Waals surface area contributed by atoms with E-state index in [9.17, 15) is 0 Å². The molecule has 1 heterocycles. The van der Waals surface area contributed by atoms with Crippen LogP contribution in [0.4, 0.5) is 0 Å². The Morgan fingerprint density at radius 3 is 3.07 bits per heavy atom. The van der Waals surface area contributed by atoms with E-state index in [-0.39, 0.29) is 0 Å². The zero-order valence-corrected chi connectivity index (χ0v) is 10.1. The van der Waals surface area contributed by atoms with E-state index in [0.717, 1.165) is 6.42 Å². The molecule has 1 aromatic rings. The summed E-state index contributed by atoms with van der Waals surface area (Å²) in [6.07, 6.45) is 4.89. The fourth-order valence-electron chi connectivity index (χ4n) is 2.35. The Balaban J connectivity index is 1.86. The lowest BCUT2D eigenvalue weighted by Gasteiger charge is -2.29. The van der Waals surface area contributed by atoms with Gasteiger partial charge < -0.3 is 11.1 Å². The van der Waals surface area contributed by atoms with Crippen molar-refractivity contribution in [1.29, 1.82) is 0 Å². The molecular formula is C12H20N2S. The average Bonchev–Trinajstić information content (AvgIpc) is 2.70. The summed E-state index contributed by atoms with van der Waals surface area (Å²) in [5.74, 6) is 0. The van der Waals surface area contributed by atoms with Crippen molar-refractivity contribution in [2.45, 2.75) is 50.7 Å². The van der Waals surface area contributed by atoms with Crippen LogP contribution in [0.1, 0.15) is 43.5 Å². The molecule has 84 valence electrons. The van der Waals surface area contributed by atoms with Gasteiger partial charge in [-0.1, -0.05) is 12.5 Å². The molecule has 2 nitrogen and oxygen atoms in total. The van der Waals surface area contributed by atoms with E-state index in [0.29, 0.717) is 18.1 Å². The monoisotopic (exact) mass is 224 g/mol. The van der Waals surface area contributed by atoms with Gasteiger partial charge in [0.25, 0.3) is 0 Å². The van der Waals surface area contributed by atoms with Gasteiger partial charge in [-0.3, -0.25) is 0 Å². The van der Waals surface area contributed by atoms with Crippen LogP contribution in [-0.2, 0) is 0 Å². The van der Waals surface area contributed by atoms with Crippen LogP contribution in [0.2, 0.25) is 0 Å². The van der Waals surface area contributed by atoms with Crippen LogP contribution in [0, 0.1) is 0 Å². The first-order chi connectivity index (χ1) is 7.25. The predicted molar refractivity (Wildman–Crippen MR) is 66.1 cm³/mol. The van der Waals surface area contributed by atoms with E-state index in [1.165, 1.54) is 24.1 Å². The summed E-state index contributed by atoms with van der Waals surface area (Å²) in [5.41, 5.74) is 5.98. The number of thiophene rings is 1. The van der Waals surface area contributed by atoms with Gasteiger partial charge in [0.15, 0.2) is 0 Å². The van der Waals surface area contributed by atoms with Gasteiger partial charge in [-0.15, -0.1) is 11.3 Å². The lowest BCUT2D eigenvalue weighted by Crippen LogP contribution is -2.40. The molecule has 0 amide bonds. The maximum absolute atomic E-state index is 5.98. The van der Waals surface area contributed by atoms with E-state index >= 15 is 0 Å². The van der Waals surface area contributed by atoms with Crippen LogP contribution in [0.25, 0.3) is 0 Å². The minimum absolute atomic E-state index is 0.409. The maximum atomic E-state index is 5.98. The van der Waals surface area contributed by atoms with Crippen LogP contribution in [0.15, 0.2) is 17.5 Å². The lowest BCUT2D eigenvalue weighted by atomic mass is 9.91. The second-order valence-electron chi connectivity index (χ2n) is 4.53. The van der Waals surface area contributed by atoms with Gasteiger partial charge in [0.05, 0.1) is 0 Å². The second-order valence-corrected chi connectivity index (χ2v) is 5.51. The summed E-state index contributed by atoms with van der Waals surface area (Å²) in [6, 6.07) is 5.81. The molecule has 1 saturated carbocycles. The molecule has 1 aliphatic carbocycles. The Bertz CT molecular complexity index is 284. The standard InChI is InChI=1S/C12H20N2S/c1-9(12-6-3-7-15-12)14-11-5-2-4-10(13)8-11/h3,6-7,9-11,14H,2,4-5,8,13H2,1H3/t9-,10?,11?/m0/s1. The topological polar surface area (TPSA) is 38.0 Å². The van der Waals surface area contributed by atoms with Crippen molar-refractivity contribution in [1.82, 2.24) is 5.32 Å². The molecule has 0 saturated heterocycles. The van der Waals surface area contributed by atoms with Crippen LogP contribution >= 0.6 is 11.3 Å². The van der Waals surface area contributed by atoms with Crippen molar-refractivity contribution in [3.63, 3.8) is 0 Å². The molecule has 0 bridgehead atoms. The Morgan fingerprint density at radius 2 is 2.40 bits per heavy atom. The summed E-state index contributed by atoms with van der Waals surface area (Å²) < 4.78 is 0. The zero-order valence-electron chi connectivity index (χ0n) is 9.28. The molecule has 0 spiro atoms. The highest BCUT2D eigenvalue weighted by atomic mass is 32.1. The highest BCUT2D eigenvalue weighted by molar-refractivity contribution is 7.10. The van der Waals surface area contributed by atoms with Crippen LogP contribution in [0.3, 0.4) is 0 Å². The summed E-state index contributed by atoms with van der Waals surface area (Å²) in [5, 5.41) is 5.82. The highest BCUT2D eigenvalue weighted by Crippen LogP contribution is 2.23. The highest BCUT2D eigenvalue weighted by Gasteiger charge is 2.20. The van der Waals surface area contributed by atoms with Crippen molar-refractivity contribution in [2.24, 2.45) is 5.73 Å². The molecule has 1 aromatic heterocycles. The van der Waals surface area contributed by atoms with Gasteiger partial charge in [0.2, 0.25) is 0 Å². The largest absolute Gasteiger partial charge is 0.328 e. The minimum Gasteiger partial charge on any atom is -0.328 e. The molecule has 0 aliphatic heterocycles. The normalized spacial score (nSPS) is 28.9. The van der Waals surface area contributed by atoms with Crippen LogP contribution in [-0.4, -0.2) is 12.1 Å². The molecule has 2 unspecified atom stereocenters. The Morgan fingerprint density at radius 1 is 1.53 bits per heavy atom. The average molecular weight is 224 g/mol. The van der Waals surface area contributed by atoms with Gasteiger partial charge in [0.1, 0.15) is 0 Å². The number of hydrogen-bond donors (Lipinski definition) is 2. The molecule has 3 N–H and O–H groups in total. The molecule has 2 rings (SSSR count). The van der Waals surface area contributed by atoms with E-state index in [1.807, 2.05) is 11.3 Å². The Hall–Kier alpha value is -0.380. The third-order valence-electron chi connectivity index (χ3n) is 3.17. The first-order valence-electron chi connectivity index (χ1n) is 5.80. The lowest BCUT2D eigenvalue weighted by molar-refractivity contribution is 0.320. The van der Waals surface area contributed by atoms with Gasteiger partial charge in [0, 0.05) is 23.0 Å². The predicted octanol–water partition coefficient (Wildman–Crippen LogP) is 2.67. The molecule has 15 heavy (non-hydrogen) atoms. The fourth-order valence-corrected chi connectivity index (χ4v) is 3.10. The van der Waals surface area contributed by atoms with Crippen molar-refractivity contribution < 1.29 is 0 Å². The third-order valence-corrected chi connectivity index (χ3v) is 4.23. The van der Waals surface area contributed by atoms with E-state index in [4.69, 9.17) is 5.73 Å². The van der Waals surface area contributed by atoms with E-state index < -0.39 is 0 Å². The molecule has 0 radical (unpaired) electrons. The number of nitrogens with two attached hydrogens (primary N) is 1. The van der Waals surface area contributed by atoms with Crippen molar-refractivity contribution in [3.05, 3.63) is 22.4 Å². The Labute approximate surface area is 95.9 Å². The molecule has 3 heteroatoms. The van der Waals surface area contributed by atoms with Crippen molar-refractivity contribution in [2.75, 3.05) is 0 Å². The molecule has 3 atom stereocenters. The van der Waals surface area contributed by atoms with Gasteiger partial charge >= 0.3 is 0 Å². The smallest absolute Gasteiger partial charge is 0.0388 e. The summed E-state index contributed by atoms with van der Waals surface area (Å²) in [4.78, 5) is 1.43. The number of nitrogens with one attached hydrogen (secondary N) is 1. The van der Waals surface area contributed by atoms with Crippen molar-refractivity contribution >= 4 is 11.3 Å². The maximum Gasteiger partial charge on any atom is 0.0388 e. The van der Waals surface area contributed by atoms with Crippen LogP contribution < -0.4 is 11.1 Å². The van der Waals surface area contributed by atoms with E-state index in [1.54, 1.807) is 0 Å². The first-order valence-corrected chi connectivity index (χ1v) is 6.68. The SMILES string of the molecule is C[C@H](NC1CCCC(N)C1)c1cccs1. The summed E-state index contributed by atoms with van der Waals surface area (Å²) >= 11 is 1.83. The summed E-state index contributed by atoms with van der Waals surface area (Å²) in [7, 11) is 0. The van der Waals surface area contributed by atoms with Crippen LogP contribution in [0.5, 0.6) is 0 Å².